The molecule has 2 fully saturated rings. The fraction of sp³-hybridized carbons (Fsp3) is 0.880. The molecule has 0 aromatic rings. The highest BCUT2D eigenvalue weighted by Crippen LogP contribution is 2.27. The first-order valence-electron chi connectivity index (χ1n) is 12.9. The van der Waals surface area contributed by atoms with Crippen LogP contribution in [0.2, 0.25) is 0 Å². The number of hydrogen-bond acceptors (Lipinski definition) is 6. The highest BCUT2D eigenvalue weighted by molar-refractivity contribution is 5.85. The van der Waals surface area contributed by atoms with E-state index in [2.05, 4.69) is 10.6 Å². The molecule has 0 radical (unpaired) electrons. The van der Waals surface area contributed by atoms with E-state index >= 15 is 0 Å². The Morgan fingerprint density at radius 2 is 1.73 bits per heavy atom. The van der Waals surface area contributed by atoms with Crippen molar-refractivity contribution < 1.29 is 24.2 Å². The summed E-state index contributed by atoms with van der Waals surface area (Å²) in [5.41, 5.74) is 0. The molecule has 8 heteroatoms. The summed E-state index contributed by atoms with van der Waals surface area (Å²) < 4.78 is 5.15. The zero-order valence-corrected chi connectivity index (χ0v) is 20.4. The minimum Gasteiger partial charge on any atom is -0.393 e. The minimum atomic E-state index is -0.646. The average Bonchev–Trinajstić information content (AvgIpc) is 2.84. The second-order valence-corrected chi connectivity index (χ2v) is 9.78. The van der Waals surface area contributed by atoms with Crippen molar-refractivity contribution in [2.24, 2.45) is 11.8 Å². The Balaban J connectivity index is 1.64. The van der Waals surface area contributed by atoms with Gasteiger partial charge in [-0.1, -0.05) is 32.1 Å². The molecule has 2 saturated carbocycles. The summed E-state index contributed by atoms with van der Waals surface area (Å²) in [5, 5.41) is 15.6. The summed E-state index contributed by atoms with van der Waals surface area (Å²) in [5.74, 6) is 0.970. The maximum absolute atomic E-state index is 12.8. The molecule has 0 bridgehead atoms. The van der Waals surface area contributed by atoms with Crippen molar-refractivity contribution in [2.45, 2.75) is 89.3 Å². The fourth-order valence-corrected chi connectivity index (χ4v) is 4.96. The second-order valence-electron chi connectivity index (χ2n) is 9.78. The van der Waals surface area contributed by atoms with E-state index in [0.29, 0.717) is 31.3 Å². The molecule has 2 amide bonds. The molecule has 2 rings (SSSR count). The highest BCUT2D eigenvalue weighted by Gasteiger charge is 2.22. The molecule has 33 heavy (non-hydrogen) atoms. The number of carbonyl (C=O) groups excluding carboxylic acids is 3. The van der Waals surface area contributed by atoms with Gasteiger partial charge in [-0.25, -0.2) is 0 Å². The van der Waals surface area contributed by atoms with E-state index in [1.807, 2.05) is 0 Å². The van der Waals surface area contributed by atoms with Crippen molar-refractivity contribution in [3.05, 3.63) is 0 Å². The third kappa shape index (κ3) is 11.5. The van der Waals surface area contributed by atoms with Crippen molar-refractivity contribution in [1.82, 2.24) is 15.5 Å². The van der Waals surface area contributed by atoms with Crippen molar-refractivity contribution in [3.63, 3.8) is 0 Å². The van der Waals surface area contributed by atoms with Crippen LogP contribution >= 0.6 is 0 Å². The molecule has 0 heterocycles. The molecule has 0 spiro atoms. The molecule has 0 aromatic carbocycles. The molecule has 1 atom stereocenters. The van der Waals surface area contributed by atoms with Crippen LogP contribution in [0.15, 0.2) is 0 Å². The number of aliphatic hydroxyl groups is 1. The number of rotatable bonds is 15. The van der Waals surface area contributed by atoms with Gasteiger partial charge in [0.05, 0.1) is 19.2 Å². The summed E-state index contributed by atoms with van der Waals surface area (Å²) in [6, 6.07) is 0. The van der Waals surface area contributed by atoms with Crippen LogP contribution in [0.25, 0.3) is 0 Å². The molecule has 3 N–H and O–H groups in total. The lowest BCUT2D eigenvalue weighted by atomic mass is 9.85. The molecule has 1 unspecified atom stereocenters. The predicted octanol–water partition coefficient (Wildman–Crippen LogP) is 2.04. The summed E-state index contributed by atoms with van der Waals surface area (Å²) in [7, 11) is 1.47. The second kappa shape index (κ2) is 16.2. The number of amides is 2. The van der Waals surface area contributed by atoms with Gasteiger partial charge in [0.1, 0.15) is 6.10 Å². The zero-order chi connectivity index (χ0) is 23.9. The van der Waals surface area contributed by atoms with Crippen LogP contribution in [0.3, 0.4) is 0 Å². The molecule has 2 aliphatic rings. The molecule has 0 aliphatic heterocycles. The summed E-state index contributed by atoms with van der Waals surface area (Å²) >= 11 is 0. The van der Waals surface area contributed by atoms with Gasteiger partial charge in [-0.3, -0.25) is 9.59 Å². The van der Waals surface area contributed by atoms with Gasteiger partial charge in [0.15, 0.2) is 6.29 Å². The van der Waals surface area contributed by atoms with E-state index in [4.69, 9.17) is 4.74 Å². The normalized spacial score (nSPS) is 22.5. The Bertz CT molecular complexity index is 574. The van der Waals surface area contributed by atoms with Crippen LogP contribution in [0, 0.1) is 11.8 Å². The Morgan fingerprint density at radius 3 is 2.39 bits per heavy atom. The van der Waals surface area contributed by atoms with Gasteiger partial charge in [-0.15, -0.1) is 0 Å². The van der Waals surface area contributed by atoms with Gasteiger partial charge in [0.25, 0.3) is 0 Å². The molecular formula is C25H45N3O5. The van der Waals surface area contributed by atoms with E-state index in [0.717, 1.165) is 51.4 Å². The quantitative estimate of drug-likeness (QED) is 0.251. The number of carbonyl (C=O) groups is 3. The summed E-state index contributed by atoms with van der Waals surface area (Å²) in [6.07, 6.45) is 12.4. The fourth-order valence-electron chi connectivity index (χ4n) is 4.96. The smallest absolute Gasteiger partial charge is 0.242 e. The monoisotopic (exact) mass is 467 g/mol. The standard InChI is InChI=1S/C25H45N3O5/c1-33-23(19-29)18-28(16-13-20-5-3-2-4-6-20)25(32)17-27-24(31)12-15-26-14-11-21-7-9-22(30)10-8-21/h19-23,26,30H,2-18H2,1H3,(H,27,31). The summed E-state index contributed by atoms with van der Waals surface area (Å²) in [4.78, 5) is 37.8. The zero-order valence-electron chi connectivity index (χ0n) is 20.4. The van der Waals surface area contributed by atoms with Crippen LogP contribution in [0.5, 0.6) is 0 Å². The molecule has 2 aliphatic carbocycles. The van der Waals surface area contributed by atoms with E-state index < -0.39 is 6.10 Å². The number of nitrogens with zero attached hydrogens (tertiary/aromatic N) is 1. The van der Waals surface area contributed by atoms with Crippen LogP contribution in [-0.2, 0) is 19.1 Å². The largest absolute Gasteiger partial charge is 0.393 e. The number of methoxy groups -OCH3 is 1. The third-order valence-electron chi connectivity index (χ3n) is 7.25. The maximum Gasteiger partial charge on any atom is 0.242 e. The Hall–Kier alpha value is -1.51. The molecule has 0 saturated heterocycles. The maximum atomic E-state index is 12.8. The van der Waals surface area contributed by atoms with Crippen molar-refractivity contribution in [1.29, 1.82) is 0 Å². The number of aliphatic hydroxyl groups excluding tert-OH is 1. The van der Waals surface area contributed by atoms with E-state index in [1.54, 1.807) is 4.90 Å². The SMILES string of the molecule is COC(C=O)CN(CCC1CCCCC1)C(=O)CNC(=O)CCNCCC1CCC(O)CC1. The number of nitrogens with one attached hydrogen (secondary N) is 2. The Kier molecular flexibility index (Phi) is 13.6. The van der Waals surface area contributed by atoms with E-state index in [1.165, 1.54) is 39.2 Å². The highest BCUT2D eigenvalue weighted by atomic mass is 16.5. The topological polar surface area (TPSA) is 108 Å². The number of hydrogen-bond donors (Lipinski definition) is 3. The first-order valence-corrected chi connectivity index (χ1v) is 12.9. The minimum absolute atomic E-state index is 0.0524. The van der Waals surface area contributed by atoms with E-state index in [9.17, 15) is 19.5 Å². The van der Waals surface area contributed by atoms with Gasteiger partial charge < -0.3 is 30.2 Å². The predicted molar refractivity (Wildman–Crippen MR) is 128 cm³/mol. The van der Waals surface area contributed by atoms with Gasteiger partial charge in [-0.05, 0) is 56.9 Å². The van der Waals surface area contributed by atoms with Crippen LogP contribution in [0.4, 0.5) is 0 Å². The van der Waals surface area contributed by atoms with Gasteiger partial charge >= 0.3 is 0 Å². The van der Waals surface area contributed by atoms with Gasteiger partial charge in [-0.2, -0.15) is 0 Å². The average molecular weight is 468 g/mol. The Labute approximate surface area is 199 Å². The van der Waals surface area contributed by atoms with Crippen LogP contribution < -0.4 is 10.6 Å². The Morgan fingerprint density at radius 1 is 1.03 bits per heavy atom. The first-order chi connectivity index (χ1) is 16.0. The molecule has 8 nitrogen and oxygen atoms in total. The third-order valence-corrected chi connectivity index (χ3v) is 7.25. The summed E-state index contributed by atoms with van der Waals surface area (Å²) in [6.45, 7) is 2.21. The van der Waals surface area contributed by atoms with E-state index in [-0.39, 0.29) is 31.0 Å². The van der Waals surface area contributed by atoms with Crippen LogP contribution in [0.1, 0.15) is 77.0 Å². The lowest BCUT2D eigenvalue weighted by molar-refractivity contribution is -0.135. The molecule has 190 valence electrons. The number of ether oxygens (including phenoxy) is 1. The lowest BCUT2D eigenvalue weighted by Gasteiger charge is -2.28. The first kappa shape index (κ1) is 27.7. The van der Waals surface area contributed by atoms with Gasteiger partial charge in [0, 0.05) is 26.6 Å². The van der Waals surface area contributed by atoms with Crippen molar-refractivity contribution in [2.75, 3.05) is 39.8 Å². The molecule has 0 aromatic heterocycles. The van der Waals surface area contributed by atoms with Crippen molar-refractivity contribution >= 4 is 18.1 Å². The lowest BCUT2D eigenvalue weighted by Crippen LogP contribution is -2.45. The van der Waals surface area contributed by atoms with Crippen molar-refractivity contribution in [3.8, 4) is 0 Å². The van der Waals surface area contributed by atoms with Crippen LogP contribution in [-0.4, -0.2) is 80.1 Å². The number of aldehydes is 1. The van der Waals surface area contributed by atoms with Gasteiger partial charge in [0.2, 0.25) is 11.8 Å². The molecular weight excluding hydrogens is 422 g/mol.